The third-order valence-corrected chi connectivity index (χ3v) is 2.56. The Morgan fingerprint density at radius 3 is 2.58 bits per heavy atom. The van der Waals surface area contributed by atoms with Crippen LogP contribution in [-0.4, -0.2) is 31.0 Å². The van der Waals surface area contributed by atoms with Crippen molar-refractivity contribution in [1.82, 2.24) is 4.98 Å². The molecular formula is C10H9F3INO4. The van der Waals surface area contributed by atoms with Crippen molar-refractivity contribution >= 4 is 28.6 Å². The molecule has 0 N–H and O–H groups in total. The van der Waals surface area contributed by atoms with Gasteiger partial charge in [-0.3, -0.25) is 0 Å². The fourth-order valence-electron chi connectivity index (χ4n) is 1.21. The van der Waals surface area contributed by atoms with Gasteiger partial charge >= 0.3 is 12.3 Å². The Morgan fingerprint density at radius 1 is 1.47 bits per heavy atom. The van der Waals surface area contributed by atoms with Gasteiger partial charge in [0.2, 0.25) is 5.88 Å². The highest BCUT2D eigenvalue weighted by atomic mass is 127. The van der Waals surface area contributed by atoms with Crippen LogP contribution < -0.4 is 9.47 Å². The van der Waals surface area contributed by atoms with E-state index in [1.54, 1.807) is 29.5 Å². The molecule has 0 saturated carbocycles. The molecule has 19 heavy (non-hydrogen) atoms. The monoisotopic (exact) mass is 391 g/mol. The van der Waals surface area contributed by atoms with Gasteiger partial charge in [-0.05, 0) is 29.5 Å². The van der Waals surface area contributed by atoms with E-state index in [4.69, 9.17) is 9.47 Å². The minimum Gasteiger partial charge on any atom is -0.493 e. The van der Waals surface area contributed by atoms with Crippen LogP contribution in [0.4, 0.5) is 13.2 Å². The number of hydrogen-bond acceptors (Lipinski definition) is 5. The molecule has 5 nitrogen and oxygen atoms in total. The molecule has 0 aliphatic rings. The van der Waals surface area contributed by atoms with Crippen LogP contribution in [0.5, 0.6) is 11.6 Å². The summed E-state index contributed by atoms with van der Waals surface area (Å²) in [6.07, 6.45) is -4.89. The van der Waals surface area contributed by atoms with Crippen molar-refractivity contribution in [2.24, 2.45) is 0 Å². The lowest BCUT2D eigenvalue weighted by molar-refractivity contribution is -0.276. The van der Waals surface area contributed by atoms with Crippen LogP contribution in [0.1, 0.15) is 17.3 Å². The molecule has 1 heterocycles. The Hall–Kier alpha value is -1.26. The fraction of sp³-hybridized carbons (Fsp3) is 0.400. The summed E-state index contributed by atoms with van der Waals surface area (Å²) in [6.45, 7) is 1.65. The molecular weight excluding hydrogens is 382 g/mol. The third-order valence-electron chi connectivity index (χ3n) is 1.83. The van der Waals surface area contributed by atoms with Crippen molar-refractivity contribution in [1.29, 1.82) is 0 Å². The van der Waals surface area contributed by atoms with E-state index >= 15 is 0 Å². The van der Waals surface area contributed by atoms with Crippen molar-refractivity contribution in [2.45, 2.75) is 13.3 Å². The highest BCUT2D eigenvalue weighted by molar-refractivity contribution is 14.1. The van der Waals surface area contributed by atoms with E-state index < -0.39 is 18.2 Å². The molecule has 0 bridgehead atoms. The van der Waals surface area contributed by atoms with E-state index in [-0.39, 0.29) is 21.6 Å². The normalized spacial score (nSPS) is 11.1. The number of halogens is 4. The molecule has 0 radical (unpaired) electrons. The molecule has 0 amide bonds. The average molecular weight is 391 g/mol. The second kappa shape index (κ2) is 6.26. The first kappa shape index (κ1) is 15.8. The van der Waals surface area contributed by atoms with Crippen LogP contribution in [0.2, 0.25) is 0 Å². The first-order chi connectivity index (χ1) is 8.78. The maximum absolute atomic E-state index is 12.1. The lowest BCUT2D eigenvalue weighted by atomic mass is 10.2. The lowest BCUT2D eigenvalue weighted by Crippen LogP contribution is -2.19. The van der Waals surface area contributed by atoms with Crippen LogP contribution in [0, 0.1) is 3.70 Å². The highest BCUT2D eigenvalue weighted by Gasteiger charge is 2.33. The fourth-order valence-corrected chi connectivity index (χ4v) is 1.95. The highest BCUT2D eigenvalue weighted by Crippen LogP contribution is 2.30. The Morgan fingerprint density at radius 2 is 2.11 bits per heavy atom. The minimum absolute atomic E-state index is 0.0357. The minimum atomic E-state index is -4.89. The lowest BCUT2D eigenvalue weighted by Gasteiger charge is -2.13. The van der Waals surface area contributed by atoms with Crippen LogP contribution in [0.15, 0.2) is 6.07 Å². The summed E-state index contributed by atoms with van der Waals surface area (Å²) in [6, 6.07) is 0.826. The summed E-state index contributed by atoms with van der Waals surface area (Å²) < 4.78 is 49.7. The van der Waals surface area contributed by atoms with Crippen molar-refractivity contribution < 1.29 is 32.2 Å². The molecule has 0 aromatic carbocycles. The standard InChI is InChI=1S/C10H9F3INO4/c1-3-18-9(16)5-4-6(19-10(11,12)13)15-8(14)7(5)17-2/h4H,3H2,1-2H3. The molecule has 106 valence electrons. The molecule has 0 fully saturated rings. The molecule has 9 heteroatoms. The second-order valence-electron chi connectivity index (χ2n) is 3.10. The van der Waals surface area contributed by atoms with Crippen LogP contribution >= 0.6 is 22.6 Å². The van der Waals surface area contributed by atoms with E-state index in [1.807, 2.05) is 0 Å². The number of rotatable bonds is 4. The molecule has 1 aromatic rings. The van der Waals surface area contributed by atoms with Gasteiger partial charge in [-0.25, -0.2) is 9.78 Å². The maximum Gasteiger partial charge on any atom is 0.574 e. The van der Waals surface area contributed by atoms with Gasteiger partial charge < -0.3 is 14.2 Å². The summed E-state index contributed by atoms with van der Waals surface area (Å²) in [5, 5.41) is 0. The molecule has 0 atom stereocenters. The number of pyridine rings is 1. The van der Waals surface area contributed by atoms with Gasteiger partial charge in [0, 0.05) is 6.07 Å². The number of hydrogen-bond donors (Lipinski definition) is 0. The number of nitrogens with zero attached hydrogens (tertiary/aromatic N) is 1. The Bertz CT molecular complexity index is 479. The smallest absolute Gasteiger partial charge is 0.493 e. The Balaban J connectivity index is 3.22. The van der Waals surface area contributed by atoms with Crippen molar-refractivity contribution in [3.8, 4) is 11.6 Å². The number of carbonyl (C=O) groups is 1. The molecule has 0 unspecified atom stereocenters. The zero-order chi connectivity index (χ0) is 14.6. The third kappa shape index (κ3) is 4.40. The number of methoxy groups -OCH3 is 1. The number of esters is 1. The predicted octanol–water partition coefficient (Wildman–Crippen LogP) is 2.77. The van der Waals surface area contributed by atoms with E-state index in [0.29, 0.717) is 0 Å². The van der Waals surface area contributed by atoms with E-state index in [0.717, 1.165) is 6.07 Å². The quantitative estimate of drug-likeness (QED) is 0.449. The van der Waals surface area contributed by atoms with Gasteiger partial charge in [0.15, 0.2) is 5.75 Å². The zero-order valence-electron chi connectivity index (χ0n) is 9.88. The van der Waals surface area contributed by atoms with Gasteiger partial charge in [-0.2, -0.15) is 0 Å². The number of alkyl halides is 3. The van der Waals surface area contributed by atoms with Gasteiger partial charge in [-0.1, -0.05) is 0 Å². The van der Waals surface area contributed by atoms with Crippen LogP contribution in [0.3, 0.4) is 0 Å². The number of ether oxygens (including phenoxy) is 3. The summed E-state index contributed by atoms with van der Waals surface area (Å²) in [4.78, 5) is 15.2. The summed E-state index contributed by atoms with van der Waals surface area (Å²) in [7, 11) is 1.27. The average Bonchev–Trinajstić information content (AvgIpc) is 2.26. The zero-order valence-corrected chi connectivity index (χ0v) is 12.0. The van der Waals surface area contributed by atoms with Gasteiger partial charge in [0.05, 0.1) is 13.7 Å². The van der Waals surface area contributed by atoms with Crippen LogP contribution in [-0.2, 0) is 4.74 Å². The van der Waals surface area contributed by atoms with Gasteiger partial charge in [0.1, 0.15) is 9.26 Å². The number of aromatic nitrogens is 1. The molecule has 0 aliphatic carbocycles. The molecule has 1 rings (SSSR count). The summed E-state index contributed by atoms with van der Waals surface area (Å²) in [5.41, 5.74) is -0.178. The SMILES string of the molecule is CCOC(=O)c1cc(OC(F)(F)F)nc(I)c1OC. The molecule has 0 spiro atoms. The van der Waals surface area contributed by atoms with Gasteiger partial charge in [0.25, 0.3) is 0 Å². The van der Waals surface area contributed by atoms with Crippen molar-refractivity contribution in [2.75, 3.05) is 13.7 Å². The first-order valence-electron chi connectivity index (χ1n) is 4.96. The topological polar surface area (TPSA) is 57.7 Å². The van der Waals surface area contributed by atoms with Crippen LogP contribution in [0.25, 0.3) is 0 Å². The molecule has 0 aliphatic heterocycles. The Labute approximate surface area is 120 Å². The summed E-state index contributed by atoms with van der Waals surface area (Å²) in [5.74, 6) is -1.53. The van der Waals surface area contributed by atoms with Crippen molar-refractivity contribution in [3.63, 3.8) is 0 Å². The maximum atomic E-state index is 12.1. The van der Waals surface area contributed by atoms with E-state index in [1.165, 1.54) is 7.11 Å². The van der Waals surface area contributed by atoms with E-state index in [9.17, 15) is 18.0 Å². The predicted molar refractivity (Wildman–Crippen MR) is 66.1 cm³/mol. The second-order valence-corrected chi connectivity index (χ2v) is 4.12. The first-order valence-corrected chi connectivity index (χ1v) is 6.03. The largest absolute Gasteiger partial charge is 0.574 e. The number of carbonyl (C=O) groups excluding carboxylic acids is 1. The van der Waals surface area contributed by atoms with Gasteiger partial charge in [-0.15, -0.1) is 13.2 Å². The van der Waals surface area contributed by atoms with Crippen molar-refractivity contribution in [3.05, 3.63) is 15.3 Å². The van der Waals surface area contributed by atoms with E-state index in [2.05, 4.69) is 9.72 Å². The molecule has 1 aromatic heterocycles. The Kier molecular flexibility index (Phi) is 5.20. The summed E-state index contributed by atoms with van der Waals surface area (Å²) >= 11 is 1.63. The molecule has 0 saturated heterocycles.